The van der Waals surface area contributed by atoms with Crippen LogP contribution in [0.15, 0.2) is 42.6 Å². The summed E-state index contributed by atoms with van der Waals surface area (Å²) < 4.78 is 1.56. The normalized spacial score (nSPS) is 10.7. The second-order valence-electron chi connectivity index (χ2n) is 4.09. The Morgan fingerprint density at radius 3 is 2.50 bits per heavy atom. The van der Waals surface area contributed by atoms with E-state index in [1.807, 2.05) is 0 Å². The van der Waals surface area contributed by atoms with Crippen LogP contribution < -0.4 is 5.32 Å². The zero-order valence-corrected chi connectivity index (χ0v) is 10.8. The van der Waals surface area contributed by atoms with Gasteiger partial charge in [-0.25, -0.2) is 4.79 Å². The van der Waals surface area contributed by atoms with Crippen LogP contribution in [0.25, 0.3) is 6.08 Å². The van der Waals surface area contributed by atoms with Crippen LogP contribution in [-0.4, -0.2) is 26.8 Å². The first-order chi connectivity index (χ1) is 9.56. The van der Waals surface area contributed by atoms with E-state index in [4.69, 9.17) is 5.11 Å². The molecule has 0 bridgehead atoms. The second kappa shape index (κ2) is 5.83. The lowest BCUT2D eigenvalue weighted by atomic mass is 10.1. The molecule has 6 nitrogen and oxygen atoms in total. The van der Waals surface area contributed by atoms with Crippen molar-refractivity contribution in [3.63, 3.8) is 0 Å². The van der Waals surface area contributed by atoms with Gasteiger partial charge in [-0.3, -0.25) is 9.48 Å². The lowest BCUT2D eigenvalue weighted by molar-refractivity contribution is -0.131. The molecule has 1 amide bonds. The van der Waals surface area contributed by atoms with Crippen LogP contribution in [0, 0.1) is 0 Å². The van der Waals surface area contributed by atoms with Gasteiger partial charge in [0.2, 0.25) is 0 Å². The number of aryl methyl sites for hydroxylation is 1. The summed E-state index contributed by atoms with van der Waals surface area (Å²) in [5.74, 6) is -0.657. The van der Waals surface area contributed by atoms with Crippen molar-refractivity contribution in [2.24, 2.45) is 7.05 Å². The lowest BCUT2D eigenvalue weighted by Crippen LogP contribution is -2.14. The first-order valence-electron chi connectivity index (χ1n) is 5.86. The van der Waals surface area contributed by atoms with Crippen molar-refractivity contribution < 1.29 is 14.7 Å². The van der Waals surface area contributed by atoms with Crippen LogP contribution in [-0.2, 0) is 11.8 Å². The molecule has 0 atom stereocenters. The first kappa shape index (κ1) is 13.5. The number of amides is 1. The Kier molecular flexibility index (Phi) is 3.95. The van der Waals surface area contributed by atoms with E-state index >= 15 is 0 Å². The van der Waals surface area contributed by atoms with Crippen LogP contribution in [0.1, 0.15) is 15.9 Å². The summed E-state index contributed by atoms with van der Waals surface area (Å²) >= 11 is 0. The molecule has 0 radical (unpaired) electrons. The topological polar surface area (TPSA) is 84.2 Å². The molecule has 1 aromatic heterocycles. The number of hydrogen-bond acceptors (Lipinski definition) is 3. The molecule has 6 heteroatoms. The highest BCUT2D eigenvalue weighted by Gasteiger charge is 2.07. The van der Waals surface area contributed by atoms with Crippen molar-refractivity contribution in [1.29, 1.82) is 0 Å². The molecule has 20 heavy (non-hydrogen) atoms. The summed E-state index contributed by atoms with van der Waals surface area (Å²) in [6, 6.07) is 8.32. The molecule has 0 fully saturated rings. The summed E-state index contributed by atoms with van der Waals surface area (Å²) in [6.45, 7) is 0. The number of carboxylic acids is 1. The second-order valence-corrected chi connectivity index (χ2v) is 4.09. The van der Waals surface area contributed by atoms with Gasteiger partial charge >= 0.3 is 5.97 Å². The highest BCUT2D eigenvalue weighted by molar-refractivity contribution is 6.03. The Balaban J connectivity index is 2.08. The maximum Gasteiger partial charge on any atom is 0.328 e. The number of anilines is 1. The standard InChI is InChI=1S/C14H13N3O3/c1-17-12(8-9-15-17)16-14(20)11-5-2-10(3-6-11)4-7-13(18)19/h2-9H,1H3,(H,16,20)(H,18,19). The third kappa shape index (κ3) is 3.32. The summed E-state index contributed by atoms with van der Waals surface area (Å²) in [5, 5.41) is 15.2. The van der Waals surface area contributed by atoms with Gasteiger partial charge < -0.3 is 10.4 Å². The number of carboxylic acid groups (broad SMARTS) is 1. The molecule has 0 aliphatic heterocycles. The number of nitrogens with one attached hydrogen (secondary N) is 1. The van der Waals surface area contributed by atoms with Crippen molar-refractivity contribution in [1.82, 2.24) is 9.78 Å². The fourth-order valence-corrected chi connectivity index (χ4v) is 1.60. The van der Waals surface area contributed by atoms with Gasteiger partial charge in [-0.1, -0.05) is 12.1 Å². The maximum absolute atomic E-state index is 12.0. The average molecular weight is 271 g/mol. The summed E-state index contributed by atoms with van der Waals surface area (Å²) in [4.78, 5) is 22.4. The van der Waals surface area contributed by atoms with Crippen LogP contribution in [0.2, 0.25) is 0 Å². The van der Waals surface area contributed by atoms with E-state index in [1.165, 1.54) is 6.08 Å². The summed E-state index contributed by atoms with van der Waals surface area (Å²) in [7, 11) is 1.73. The van der Waals surface area contributed by atoms with E-state index in [2.05, 4.69) is 10.4 Å². The smallest absolute Gasteiger partial charge is 0.328 e. The van der Waals surface area contributed by atoms with Gasteiger partial charge in [-0.15, -0.1) is 0 Å². The summed E-state index contributed by atoms with van der Waals surface area (Å²) in [5.41, 5.74) is 1.20. The molecule has 1 aromatic carbocycles. The SMILES string of the molecule is Cn1nccc1NC(=O)c1ccc(C=CC(=O)O)cc1. The van der Waals surface area contributed by atoms with Crippen molar-refractivity contribution in [2.45, 2.75) is 0 Å². The molecule has 0 aliphatic rings. The molecule has 0 saturated carbocycles. The van der Waals surface area contributed by atoms with Gasteiger partial charge in [0.05, 0.1) is 6.20 Å². The third-order valence-corrected chi connectivity index (χ3v) is 2.65. The van der Waals surface area contributed by atoms with Crippen LogP contribution in [0.4, 0.5) is 5.82 Å². The molecular weight excluding hydrogens is 258 g/mol. The minimum absolute atomic E-state index is 0.248. The fourth-order valence-electron chi connectivity index (χ4n) is 1.60. The minimum Gasteiger partial charge on any atom is -0.478 e. The van der Waals surface area contributed by atoms with Crippen molar-refractivity contribution in [2.75, 3.05) is 5.32 Å². The van der Waals surface area contributed by atoms with Crippen LogP contribution in [0.5, 0.6) is 0 Å². The molecule has 0 aliphatic carbocycles. The van der Waals surface area contributed by atoms with E-state index in [0.29, 0.717) is 16.9 Å². The van der Waals surface area contributed by atoms with Crippen molar-refractivity contribution in [3.8, 4) is 0 Å². The van der Waals surface area contributed by atoms with E-state index in [-0.39, 0.29) is 5.91 Å². The molecule has 0 saturated heterocycles. The third-order valence-electron chi connectivity index (χ3n) is 2.65. The van der Waals surface area contributed by atoms with E-state index in [9.17, 15) is 9.59 Å². The Labute approximate surface area is 115 Å². The maximum atomic E-state index is 12.0. The Hall–Kier alpha value is -2.89. The van der Waals surface area contributed by atoms with Crippen molar-refractivity contribution in [3.05, 3.63) is 53.7 Å². The Bertz CT molecular complexity index is 657. The zero-order valence-electron chi connectivity index (χ0n) is 10.8. The highest BCUT2D eigenvalue weighted by Crippen LogP contribution is 2.10. The molecule has 102 valence electrons. The lowest BCUT2D eigenvalue weighted by Gasteiger charge is -2.05. The first-order valence-corrected chi connectivity index (χ1v) is 5.86. The molecule has 2 N–H and O–H groups in total. The predicted octanol–water partition coefficient (Wildman–Crippen LogP) is 1.77. The number of rotatable bonds is 4. The fraction of sp³-hybridized carbons (Fsp3) is 0.0714. The van der Waals surface area contributed by atoms with Crippen LogP contribution >= 0.6 is 0 Å². The van der Waals surface area contributed by atoms with Gasteiger partial charge in [0.25, 0.3) is 5.91 Å². The van der Waals surface area contributed by atoms with E-state index < -0.39 is 5.97 Å². The number of carbonyl (C=O) groups is 2. The van der Waals surface area contributed by atoms with Gasteiger partial charge in [0.15, 0.2) is 0 Å². The van der Waals surface area contributed by atoms with E-state index in [1.54, 1.807) is 48.3 Å². The number of aromatic nitrogens is 2. The monoisotopic (exact) mass is 271 g/mol. The molecule has 2 rings (SSSR count). The van der Waals surface area contributed by atoms with Gasteiger partial charge in [-0.05, 0) is 23.8 Å². The number of benzene rings is 1. The minimum atomic E-state index is -1.01. The predicted molar refractivity (Wildman–Crippen MR) is 74.3 cm³/mol. The molecule has 0 spiro atoms. The Morgan fingerprint density at radius 2 is 1.95 bits per heavy atom. The quantitative estimate of drug-likeness (QED) is 0.830. The van der Waals surface area contributed by atoms with E-state index in [0.717, 1.165) is 6.08 Å². The average Bonchev–Trinajstić information content (AvgIpc) is 2.82. The van der Waals surface area contributed by atoms with Gasteiger partial charge in [-0.2, -0.15) is 5.10 Å². The Morgan fingerprint density at radius 1 is 1.25 bits per heavy atom. The molecule has 1 heterocycles. The number of aliphatic carboxylic acids is 1. The molecular formula is C14H13N3O3. The largest absolute Gasteiger partial charge is 0.478 e. The zero-order chi connectivity index (χ0) is 14.5. The van der Waals surface area contributed by atoms with Crippen LogP contribution in [0.3, 0.4) is 0 Å². The van der Waals surface area contributed by atoms with Gasteiger partial charge in [0.1, 0.15) is 5.82 Å². The number of carbonyl (C=O) groups excluding carboxylic acids is 1. The van der Waals surface area contributed by atoms with Crippen molar-refractivity contribution >= 4 is 23.8 Å². The molecule has 2 aromatic rings. The summed E-state index contributed by atoms with van der Waals surface area (Å²) in [6.07, 6.45) is 4.10. The molecule has 0 unspecified atom stereocenters. The number of hydrogen-bond donors (Lipinski definition) is 2. The highest BCUT2D eigenvalue weighted by atomic mass is 16.4. The number of nitrogens with zero attached hydrogens (tertiary/aromatic N) is 2. The van der Waals surface area contributed by atoms with Gasteiger partial charge in [0, 0.05) is 24.8 Å².